The highest BCUT2D eigenvalue weighted by molar-refractivity contribution is 5.84. The zero-order chi connectivity index (χ0) is 19.6. The number of fused-ring (bicyclic) bond motifs is 1. The van der Waals surface area contributed by atoms with E-state index in [1.807, 2.05) is 13.8 Å². The van der Waals surface area contributed by atoms with Crippen molar-refractivity contribution in [1.29, 1.82) is 0 Å². The Morgan fingerprint density at radius 1 is 1.33 bits per heavy atom. The number of anilines is 1. The number of nitrogens with one attached hydrogen (secondary N) is 1. The van der Waals surface area contributed by atoms with E-state index in [1.165, 1.54) is 18.7 Å². The molecule has 2 aromatic rings. The van der Waals surface area contributed by atoms with Crippen LogP contribution < -0.4 is 15.5 Å². The molecular formula is C20H25FN2O4. The van der Waals surface area contributed by atoms with Gasteiger partial charge in [0.05, 0.1) is 22.8 Å². The fraction of sp³-hybridized carbons (Fsp3) is 0.500. The Morgan fingerprint density at radius 3 is 2.67 bits per heavy atom. The number of hydrogen-bond donors (Lipinski definition) is 2. The molecule has 6 nitrogen and oxygen atoms in total. The summed E-state index contributed by atoms with van der Waals surface area (Å²) in [5, 5.41) is 12.3. The lowest BCUT2D eigenvalue weighted by molar-refractivity contribution is -0.139. The predicted octanol–water partition coefficient (Wildman–Crippen LogP) is 3.93. The van der Waals surface area contributed by atoms with E-state index in [2.05, 4.69) is 5.32 Å². The second-order valence-corrected chi connectivity index (χ2v) is 7.33. The minimum absolute atomic E-state index is 0.0201. The highest BCUT2D eigenvalue weighted by Gasteiger charge is 2.19. The third kappa shape index (κ3) is 4.23. The van der Waals surface area contributed by atoms with Gasteiger partial charge in [0.2, 0.25) is 5.43 Å². The van der Waals surface area contributed by atoms with Crippen molar-refractivity contribution >= 4 is 22.6 Å². The van der Waals surface area contributed by atoms with Gasteiger partial charge in [0.25, 0.3) is 0 Å². The van der Waals surface area contributed by atoms with Crippen molar-refractivity contribution in [2.75, 3.05) is 11.9 Å². The Hall–Kier alpha value is -2.57. The first-order valence-corrected chi connectivity index (χ1v) is 9.36. The van der Waals surface area contributed by atoms with Gasteiger partial charge in [0.15, 0.2) is 12.4 Å². The van der Waals surface area contributed by atoms with Crippen molar-refractivity contribution in [3.8, 4) is 5.75 Å². The van der Waals surface area contributed by atoms with Crippen molar-refractivity contribution < 1.29 is 19.0 Å². The molecule has 7 heteroatoms. The van der Waals surface area contributed by atoms with Gasteiger partial charge in [-0.25, -0.2) is 9.18 Å². The fourth-order valence-corrected chi connectivity index (χ4v) is 3.59. The van der Waals surface area contributed by atoms with Crippen LogP contribution in [-0.4, -0.2) is 28.3 Å². The molecule has 1 aliphatic carbocycles. The lowest BCUT2D eigenvalue weighted by atomic mass is 9.95. The van der Waals surface area contributed by atoms with Crippen molar-refractivity contribution in [3.05, 3.63) is 34.4 Å². The summed E-state index contributed by atoms with van der Waals surface area (Å²) in [7, 11) is 0. The lowest BCUT2D eigenvalue weighted by Gasteiger charge is -2.25. The minimum atomic E-state index is -1.18. The van der Waals surface area contributed by atoms with Crippen LogP contribution in [-0.2, 0) is 4.79 Å². The molecule has 0 unspecified atom stereocenters. The molecule has 1 aliphatic rings. The monoisotopic (exact) mass is 376 g/mol. The number of aliphatic carboxylic acids is 1. The molecule has 2 N–H and O–H groups in total. The second-order valence-electron chi connectivity index (χ2n) is 7.33. The number of ether oxygens (including phenoxy) is 1. The number of rotatable bonds is 6. The van der Waals surface area contributed by atoms with E-state index in [1.54, 1.807) is 10.6 Å². The maximum absolute atomic E-state index is 14.7. The first-order chi connectivity index (χ1) is 12.9. The maximum Gasteiger partial charge on any atom is 0.341 e. The van der Waals surface area contributed by atoms with Gasteiger partial charge in [-0.15, -0.1) is 0 Å². The molecule has 1 heterocycles. The topological polar surface area (TPSA) is 80.6 Å². The third-order valence-corrected chi connectivity index (χ3v) is 4.96. The van der Waals surface area contributed by atoms with Crippen LogP contribution in [0.4, 0.5) is 10.1 Å². The molecule has 0 spiro atoms. The van der Waals surface area contributed by atoms with Crippen molar-refractivity contribution in [3.63, 3.8) is 0 Å². The summed E-state index contributed by atoms with van der Waals surface area (Å²) in [6.07, 6.45) is 7.00. The van der Waals surface area contributed by atoms with Crippen LogP contribution in [0.2, 0.25) is 0 Å². The van der Waals surface area contributed by atoms with E-state index in [4.69, 9.17) is 9.84 Å². The summed E-state index contributed by atoms with van der Waals surface area (Å²) in [6, 6.07) is 3.10. The zero-order valence-corrected chi connectivity index (χ0v) is 15.6. The van der Waals surface area contributed by atoms with E-state index >= 15 is 0 Å². The molecule has 1 saturated carbocycles. The van der Waals surface area contributed by atoms with Crippen LogP contribution in [0.3, 0.4) is 0 Å². The summed E-state index contributed by atoms with van der Waals surface area (Å²) in [4.78, 5) is 23.4. The summed E-state index contributed by atoms with van der Waals surface area (Å²) in [6.45, 7) is 3.24. The average molecular weight is 376 g/mol. The van der Waals surface area contributed by atoms with Crippen LogP contribution >= 0.6 is 0 Å². The average Bonchev–Trinajstić information content (AvgIpc) is 2.63. The third-order valence-electron chi connectivity index (χ3n) is 4.96. The molecule has 0 saturated heterocycles. The van der Waals surface area contributed by atoms with Gasteiger partial charge >= 0.3 is 5.97 Å². The normalized spacial score (nSPS) is 15.3. The number of carboxylic acids is 1. The van der Waals surface area contributed by atoms with E-state index in [0.717, 1.165) is 25.7 Å². The molecule has 1 fully saturated rings. The van der Waals surface area contributed by atoms with E-state index in [9.17, 15) is 14.0 Å². The molecule has 0 atom stereocenters. The second kappa shape index (κ2) is 7.98. The van der Waals surface area contributed by atoms with Crippen LogP contribution in [0.15, 0.2) is 23.1 Å². The molecule has 3 rings (SSSR count). The largest absolute Gasteiger partial charge is 0.479 e. The maximum atomic E-state index is 14.7. The fourth-order valence-electron chi connectivity index (χ4n) is 3.59. The molecular weight excluding hydrogens is 351 g/mol. The van der Waals surface area contributed by atoms with E-state index in [0.29, 0.717) is 11.2 Å². The van der Waals surface area contributed by atoms with Crippen LogP contribution in [0.25, 0.3) is 10.9 Å². The zero-order valence-electron chi connectivity index (χ0n) is 15.6. The Balaban J connectivity index is 2.06. The van der Waals surface area contributed by atoms with Crippen molar-refractivity contribution in [1.82, 2.24) is 4.57 Å². The van der Waals surface area contributed by atoms with E-state index < -0.39 is 23.8 Å². The Labute approximate surface area is 156 Å². The van der Waals surface area contributed by atoms with Crippen molar-refractivity contribution in [2.24, 2.45) is 0 Å². The Morgan fingerprint density at radius 2 is 2.04 bits per heavy atom. The SMILES string of the molecule is CC(C)n1cc(OCC(=O)O)c(=O)c2cc(F)c(NC3CCCCC3)cc21. The summed E-state index contributed by atoms with van der Waals surface area (Å²) in [5.41, 5.74) is 0.478. The number of hydrogen-bond acceptors (Lipinski definition) is 4. The van der Waals surface area contributed by atoms with Gasteiger partial charge in [-0.05, 0) is 38.8 Å². The van der Waals surface area contributed by atoms with Crippen LogP contribution in [0.1, 0.15) is 52.0 Å². The highest BCUT2D eigenvalue weighted by Crippen LogP contribution is 2.28. The number of halogens is 1. The quantitative estimate of drug-likeness (QED) is 0.798. The standard InChI is InChI=1S/C20H25FN2O4/c1-12(2)23-10-18(27-11-19(24)25)20(26)14-8-15(21)16(9-17(14)23)22-13-6-4-3-5-7-13/h8-10,12-13,22H,3-7,11H2,1-2H3,(H,24,25). The first-order valence-electron chi connectivity index (χ1n) is 9.36. The highest BCUT2D eigenvalue weighted by atomic mass is 19.1. The molecule has 146 valence electrons. The Kier molecular flexibility index (Phi) is 5.68. The van der Waals surface area contributed by atoms with Gasteiger partial charge < -0.3 is 19.7 Å². The molecule has 0 bridgehead atoms. The summed E-state index contributed by atoms with van der Waals surface area (Å²) >= 11 is 0. The van der Waals surface area contributed by atoms with Gasteiger partial charge in [0.1, 0.15) is 5.82 Å². The van der Waals surface area contributed by atoms with Gasteiger partial charge in [0, 0.05) is 12.1 Å². The molecule has 0 aliphatic heterocycles. The van der Waals surface area contributed by atoms with Gasteiger partial charge in [-0.3, -0.25) is 4.79 Å². The number of nitrogens with zero attached hydrogens (tertiary/aromatic N) is 1. The number of carboxylic acid groups (broad SMARTS) is 1. The number of benzene rings is 1. The summed E-state index contributed by atoms with van der Waals surface area (Å²) in [5.74, 6) is -1.76. The lowest BCUT2D eigenvalue weighted by Crippen LogP contribution is -2.23. The molecule has 0 radical (unpaired) electrons. The minimum Gasteiger partial charge on any atom is -0.479 e. The smallest absolute Gasteiger partial charge is 0.341 e. The first kappa shape index (κ1) is 19.2. The van der Waals surface area contributed by atoms with Gasteiger partial charge in [-0.2, -0.15) is 0 Å². The Bertz CT molecular complexity index is 901. The summed E-state index contributed by atoms with van der Waals surface area (Å²) < 4.78 is 21.6. The number of aromatic nitrogens is 1. The number of carbonyl (C=O) groups is 1. The van der Waals surface area contributed by atoms with Crippen LogP contribution in [0.5, 0.6) is 5.75 Å². The predicted molar refractivity (Wildman–Crippen MR) is 102 cm³/mol. The van der Waals surface area contributed by atoms with Crippen molar-refractivity contribution in [2.45, 2.75) is 58.0 Å². The van der Waals surface area contributed by atoms with E-state index in [-0.39, 0.29) is 23.2 Å². The molecule has 1 aromatic heterocycles. The molecule has 27 heavy (non-hydrogen) atoms. The number of pyridine rings is 1. The van der Waals surface area contributed by atoms with Crippen LogP contribution in [0, 0.1) is 5.82 Å². The van der Waals surface area contributed by atoms with Gasteiger partial charge in [-0.1, -0.05) is 19.3 Å². The molecule has 0 amide bonds. The molecule has 1 aromatic carbocycles.